The molecule has 0 bridgehead atoms. The van der Waals surface area contributed by atoms with Crippen LogP contribution in [0.25, 0.3) is 0 Å². The lowest BCUT2D eigenvalue weighted by Gasteiger charge is -2.22. The molecule has 1 saturated carbocycles. The lowest BCUT2D eigenvalue weighted by atomic mass is 9.85. The van der Waals surface area contributed by atoms with Crippen molar-refractivity contribution in [3.05, 3.63) is 0 Å². The molecule has 0 radical (unpaired) electrons. The van der Waals surface area contributed by atoms with Gasteiger partial charge in [0.05, 0.1) is 6.10 Å². The maximum Gasteiger partial charge on any atom is 0.147 e. The molecular formula is C13H26O3S. The number of hydrogen-bond donors (Lipinski definition) is 1. The van der Waals surface area contributed by atoms with E-state index >= 15 is 0 Å². The third-order valence-electron chi connectivity index (χ3n) is 3.69. The number of rotatable bonds is 7. The number of hydrogen-bond acceptors (Lipinski definition) is 3. The molecule has 1 atom stereocenters. The van der Waals surface area contributed by atoms with Gasteiger partial charge in [0, 0.05) is 12.0 Å². The summed E-state index contributed by atoms with van der Waals surface area (Å²) in [6.45, 7) is 0. The molecule has 0 spiro atoms. The molecule has 1 unspecified atom stereocenters. The summed E-state index contributed by atoms with van der Waals surface area (Å²) in [5, 5.41) is 9.78. The van der Waals surface area contributed by atoms with E-state index < -0.39 is 9.84 Å². The van der Waals surface area contributed by atoms with Crippen molar-refractivity contribution >= 4 is 9.84 Å². The van der Waals surface area contributed by atoms with Gasteiger partial charge in [-0.25, -0.2) is 8.42 Å². The van der Waals surface area contributed by atoms with Crippen LogP contribution in [0, 0.1) is 5.92 Å². The second-order valence-corrected chi connectivity index (χ2v) is 7.77. The molecule has 0 aliphatic heterocycles. The molecule has 0 aromatic carbocycles. The summed E-state index contributed by atoms with van der Waals surface area (Å²) in [6, 6.07) is 0. The fraction of sp³-hybridized carbons (Fsp3) is 1.00. The standard InChI is InChI=1S/C13H26O3S/c1-17(15,16)11-5-8-13(14)10-9-12-6-3-2-4-7-12/h12-14H,2-11H2,1H3. The third kappa shape index (κ3) is 7.77. The van der Waals surface area contributed by atoms with Crippen molar-refractivity contribution in [2.75, 3.05) is 12.0 Å². The Morgan fingerprint density at radius 2 is 1.82 bits per heavy atom. The lowest BCUT2D eigenvalue weighted by molar-refractivity contribution is 0.139. The van der Waals surface area contributed by atoms with E-state index in [9.17, 15) is 13.5 Å². The lowest BCUT2D eigenvalue weighted by Crippen LogP contribution is -2.14. The zero-order valence-electron chi connectivity index (χ0n) is 10.9. The monoisotopic (exact) mass is 262 g/mol. The number of aliphatic hydroxyl groups excluding tert-OH is 1. The van der Waals surface area contributed by atoms with E-state index in [1.54, 1.807) is 0 Å². The van der Waals surface area contributed by atoms with Crippen LogP contribution in [0.2, 0.25) is 0 Å². The molecule has 3 nitrogen and oxygen atoms in total. The summed E-state index contributed by atoms with van der Waals surface area (Å²) >= 11 is 0. The molecule has 1 aliphatic carbocycles. The Labute approximate surface area is 106 Å². The Kier molecular flexibility index (Phi) is 6.49. The van der Waals surface area contributed by atoms with E-state index in [0.29, 0.717) is 12.8 Å². The maximum atomic E-state index is 10.9. The summed E-state index contributed by atoms with van der Waals surface area (Å²) in [6.07, 6.45) is 10.8. The van der Waals surface area contributed by atoms with Gasteiger partial charge >= 0.3 is 0 Å². The van der Waals surface area contributed by atoms with Crippen LogP contribution in [0.15, 0.2) is 0 Å². The molecule has 102 valence electrons. The highest BCUT2D eigenvalue weighted by Gasteiger charge is 2.15. The van der Waals surface area contributed by atoms with Gasteiger partial charge in [0.2, 0.25) is 0 Å². The van der Waals surface area contributed by atoms with Crippen LogP contribution < -0.4 is 0 Å². The topological polar surface area (TPSA) is 54.4 Å². The van der Waals surface area contributed by atoms with Gasteiger partial charge in [-0.2, -0.15) is 0 Å². The normalized spacial score (nSPS) is 20.4. The van der Waals surface area contributed by atoms with Gasteiger partial charge in [0.15, 0.2) is 0 Å². The SMILES string of the molecule is CS(=O)(=O)CCCC(O)CCC1CCCCC1. The third-order valence-corrected chi connectivity index (χ3v) is 4.72. The van der Waals surface area contributed by atoms with Crippen LogP contribution in [0.3, 0.4) is 0 Å². The Bertz CT molecular complexity index is 292. The molecule has 4 heteroatoms. The predicted octanol–water partition coefficient (Wildman–Crippen LogP) is 2.53. The van der Waals surface area contributed by atoms with Crippen LogP contribution in [-0.2, 0) is 9.84 Å². The minimum atomic E-state index is -2.87. The molecular weight excluding hydrogens is 236 g/mol. The van der Waals surface area contributed by atoms with Gasteiger partial charge in [-0.1, -0.05) is 32.1 Å². The van der Waals surface area contributed by atoms with Crippen LogP contribution in [-0.4, -0.2) is 31.6 Å². The predicted molar refractivity (Wildman–Crippen MR) is 70.8 cm³/mol. The molecule has 17 heavy (non-hydrogen) atoms. The minimum Gasteiger partial charge on any atom is -0.393 e. The Balaban J connectivity index is 2.06. The molecule has 1 N–H and O–H groups in total. The van der Waals surface area contributed by atoms with Crippen molar-refractivity contribution in [2.24, 2.45) is 5.92 Å². The van der Waals surface area contributed by atoms with E-state index in [-0.39, 0.29) is 11.9 Å². The molecule has 0 heterocycles. The van der Waals surface area contributed by atoms with E-state index in [1.165, 1.54) is 38.4 Å². The van der Waals surface area contributed by atoms with Crippen molar-refractivity contribution in [3.8, 4) is 0 Å². The minimum absolute atomic E-state index is 0.202. The molecule has 0 aromatic rings. The summed E-state index contributed by atoms with van der Waals surface area (Å²) in [7, 11) is -2.87. The first-order valence-corrected chi connectivity index (χ1v) is 8.89. The van der Waals surface area contributed by atoms with Gasteiger partial charge in [-0.15, -0.1) is 0 Å². The van der Waals surface area contributed by atoms with Crippen molar-refractivity contribution in [1.29, 1.82) is 0 Å². The van der Waals surface area contributed by atoms with Crippen molar-refractivity contribution in [3.63, 3.8) is 0 Å². The molecule has 1 rings (SSSR count). The van der Waals surface area contributed by atoms with Gasteiger partial charge < -0.3 is 5.11 Å². The first-order valence-electron chi connectivity index (χ1n) is 6.83. The largest absolute Gasteiger partial charge is 0.393 e. The van der Waals surface area contributed by atoms with Crippen LogP contribution >= 0.6 is 0 Å². The summed E-state index contributed by atoms with van der Waals surface area (Å²) < 4.78 is 21.9. The van der Waals surface area contributed by atoms with Crippen molar-refractivity contribution in [1.82, 2.24) is 0 Å². The average molecular weight is 262 g/mol. The average Bonchev–Trinajstić information content (AvgIpc) is 2.26. The molecule has 0 aromatic heterocycles. The molecule has 1 fully saturated rings. The van der Waals surface area contributed by atoms with E-state index in [1.807, 2.05) is 0 Å². The second-order valence-electron chi connectivity index (χ2n) is 5.51. The fourth-order valence-corrected chi connectivity index (χ4v) is 3.32. The van der Waals surface area contributed by atoms with Gasteiger partial charge in [0.25, 0.3) is 0 Å². The molecule has 0 amide bonds. The quantitative estimate of drug-likeness (QED) is 0.767. The second kappa shape index (κ2) is 7.37. The zero-order valence-corrected chi connectivity index (χ0v) is 11.7. The highest BCUT2D eigenvalue weighted by Crippen LogP contribution is 2.28. The van der Waals surface area contributed by atoms with E-state index in [0.717, 1.165) is 18.8 Å². The fourth-order valence-electron chi connectivity index (χ4n) is 2.63. The van der Waals surface area contributed by atoms with Gasteiger partial charge in [-0.05, 0) is 31.6 Å². The maximum absolute atomic E-state index is 10.9. The van der Waals surface area contributed by atoms with Crippen molar-refractivity contribution in [2.45, 2.75) is 63.9 Å². The zero-order chi connectivity index (χ0) is 12.7. The first kappa shape index (κ1) is 15.0. The van der Waals surface area contributed by atoms with Gasteiger partial charge in [0.1, 0.15) is 9.84 Å². The Hall–Kier alpha value is -0.0900. The van der Waals surface area contributed by atoms with Crippen LogP contribution in [0.1, 0.15) is 57.8 Å². The van der Waals surface area contributed by atoms with Crippen LogP contribution in [0.5, 0.6) is 0 Å². The smallest absolute Gasteiger partial charge is 0.147 e. The summed E-state index contributed by atoms with van der Waals surface area (Å²) in [5.74, 6) is 1.00. The highest BCUT2D eigenvalue weighted by atomic mass is 32.2. The van der Waals surface area contributed by atoms with E-state index in [2.05, 4.69) is 0 Å². The summed E-state index contributed by atoms with van der Waals surface area (Å²) in [5.41, 5.74) is 0. The number of sulfone groups is 1. The Morgan fingerprint density at radius 1 is 1.18 bits per heavy atom. The highest BCUT2D eigenvalue weighted by molar-refractivity contribution is 7.90. The first-order chi connectivity index (χ1) is 7.97. The van der Waals surface area contributed by atoms with Crippen LogP contribution in [0.4, 0.5) is 0 Å². The molecule has 0 saturated heterocycles. The van der Waals surface area contributed by atoms with Gasteiger partial charge in [-0.3, -0.25) is 0 Å². The Morgan fingerprint density at radius 3 is 2.41 bits per heavy atom. The molecule has 1 aliphatic rings. The number of aliphatic hydroxyl groups is 1. The van der Waals surface area contributed by atoms with Crippen molar-refractivity contribution < 1.29 is 13.5 Å². The van der Waals surface area contributed by atoms with E-state index in [4.69, 9.17) is 0 Å². The summed E-state index contributed by atoms with van der Waals surface area (Å²) in [4.78, 5) is 0.